The number of carbonyl (C=O) groups excluding carboxylic acids is 2. The number of carbonyl (C=O) groups is 2. The highest BCUT2D eigenvalue weighted by atomic mass is 32.2. The molecule has 1 spiro atoms. The number of hydrogen-bond donors (Lipinski definition) is 1. The molecule has 3 aliphatic rings. The zero-order valence-electron chi connectivity index (χ0n) is 18.2. The van der Waals surface area contributed by atoms with Gasteiger partial charge in [-0.2, -0.15) is 0 Å². The molecular weight excluding hydrogens is 418 g/mol. The van der Waals surface area contributed by atoms with Crippen LogP contribution in [0.15, 0.2) is 6.07 Å². The van der Waals surface area contributed by atoms with Gasteiger partial charge in [-0.05, 0) is 37.9 Å². The Kier molecular flexibility index (Phi) is 9.19. The van der Waals surface area contributed by atoms with Crippen molar-refractivity contribution in [3.05, 3.63) is 21.4 Å². The lowest BCUT2D eigenvalue weighted by molar-refractivity contribution is -0.125. The average Bonchev–Trinajstić information content (AvgIpc) is 3.18. The molecule has 0 radical (unpaired) electrons. The first-order valence-electron chi connectivity index (χ1n) is 11.0. The summed E-state index contributed by atoms with van der Waals surface area (Å²) < 4.78 is 6.34. The van der Waals surface area contributed by atoms with Crippen LogP contribution in [0.3, 0.4) is 0 Å². The zero-order valence-corrected chi connectivity index (χ0v) is 19.9. The van der Waals surface area contributed by atoms with E-state index in [1.54, 1.807) is 4.88 Å². The number of aryl methyl sites for hydroxylation is 1. The molecule has 4 rings (SSSR count). The minimum Gasteiger partial charge on any atom is -0.370 e. The van der Waals surface area contributed by atoms with Gasteiger partial charge in [0.2, 0.25) is 6.41 Å². The summed E-state index contributed by atoms with van der Waals surface area (Å²) in [5.74, 6) is 1.55. The third-order valence-corrected chi connectivity index (χ3v) is 8.17. The molecular formula is C22H35N3O3S2. The van der Waals surface area contributed by atoms with Crippen LogP contribution in [0.25, 0.3) is 0 Å². The summed E-state index contributed by atoms with van der Waals surface area (Å²) in [6.45, 7) is 9.29. The molecule has 0 unspecified atom stereocenters. The second kappa shape index (κ2) is 11.6. The van der Waals surface area contributed by atoms with E-state index in [4.69, 9.17) is 4.74 Å². The highest BCUT2D eigenvalue weighted by Crippen LogP contribution is 2.44. The lowest BCUT2D eigenvalue weighted by Crippen LogP contribution is -2.53. The molecule has 0 atom stereocenters. The van der Waals surface area contributed by atoms with Crippen LogP contribution < -0.4 is 5.32 Å². The van der Waals surface area contributed by atoms with Crippen molar-refractivity contribution >= 4 is 35.1 Å². The van der Waals surface area contributed by atoms with Crippen molar-refractivity contribution in [1.29, 1.82) is 0 Å². The van der Waals surface area contributed by atoms with Crippen LogP contribution in [0.1, 0.15) is 35.1 Å². The fourth-order valence-electron chi connectivity index (χ4n) is 4.54. The molecule has 0 aromatic carbocycles. The van der Waals surface area contributed by atoms with Crippen LogP contribution in [-0.4, -0.2) is 80.5 Å². The first-order valence-corrected chi connectivity index (χ1v) is 12.9. The Labute approximate surface area is 188 Å². The molecule has 30 heavy (non-hydrogen) atoms. The molecule has 1 amide bonds. The lowest BCUT2D eigenvalue weighted by atomic mass is 9.82. The summed E-state index contributed by atoms with van der Waals surface area (Å²) in [5, 5.41) is 2.92. The van der Waals surface area contributed by atoms with Crippen molar-refractivity contribution in [3.8, 4) is 0 Å². The lowest BCUT2D eigenvalue weighted by Gasteiger charge is -2.46. The van der Waals surface area contributed by atoms with Crippen LogP contribution in [0.4, 0.5) is 0 Å². The third kappa shape index (κ3) is 5.85. The molecule has 0 aliphatic carbocycles. The summed E-state index contributed by atoms with van der Waals surface area (Å²) >= 11 is 3.29. The second-order valence-electron chi connectivity index (χ2n) is 8.29. The van der Waals surface area contributed by atoms with E-state index in [0.29, 0.717) is 5.92 Å². The van der Waals surface area contributed by atoms with Crippen molar-refractivity contribution in [2.75, 3.05) is 58.7 Å². The van der Waals surface area contributed by atoms with Crippen LogP contribution in [0.5, 0.6) is 0 Å². The quantitative estimate of drug-likeness (QED) is 0.482. The largest absolute Gasteiger partial charge is 0.370 e. The normalized spacial score (nSPS) is 20.8. The van der Waals surface area contributed by atoms with Crippen molar-refractivity contribution in [1.82, 2.24) is 15.1 Å². The Hall–Kier alpha value is -0.930. The van der Waals surface area contributed by atoms with E-state index in [1.807, 2.05) is 23.3 Å². The molecule has 8 heteroatoms. The molecule has 2 fully saturated rings. The maximum Gasteiger partial charge on any atom is 0.209 e. The monoisotopic (exact) mass is 453 g/mol. The molecule has 6 nitrogen and oxygen atoms in total. The first-order chi connectivity index (χ1) is 14.6. The van der Waals surface area contributed by atoms with E-state index in [9.17, 15) is 9.59 Å². The van der Waals surface area contributed by atoms with Crippen molar-refractivity contribution in [2.24, 2.45) is 5.92 Å². The van der Waals surface area contributed by atoms with Gasteiger partial charge >= 0.3 is 0 Å². The molecule has 1 aromatic rings. The number of fused-ring (bicyclic) bond motifs is 2. The maximum atomic E-state index is 10.7. The molecule has 1 N–H and O–H groups in total. The van der Waals surface area contributed by atoms with Crippen molar-refractivity contribution < 1.29 is 14.3 Å². The van der Waals surface area contributed by atoms with Gasteiger partial charge < -0.3 is 19.9 Å². The van der Waals surface area contributed by atoms with Gasteiger partial charge in [0, 0.05) is 67.1 Å². The summed E-state index contributed by atoms with van der Waals surface area (Å²) in [6, 6.07) is 2.42. The molecule has 1 aromatic heterocycles. The predicted octanol–water partition coefficient (Wildman–Crippen LogP) is 2.39. The van der Waals surface area contributed by atoms with Gasteiger partial charge in [-0.25, -0.2) is 0 Å². The summed E-state index contributed by atoms with van der Waals surface area (Å²) in [5.41, 5.74) is 2.35. The van der Waals surface area contributed by atoms with Crippen LogP contribution in [0, 0.1) is 5.92 Å². The minimum absolute atomic E-state index is 0.0115. The number of nitrogens with zero attached hydrogens (tertiary/aromatic N) is 2. The molecule has 4 heterocycles. The third-order valence-electron chi connectivity index (χ3n) is 6.26. The fourth-order valence-corrected chi connectivity index (χ4v) is 6.14. The van der Waals surface area contributed by atoms with Gasteiger partial charge in [0.1, 0.15) is 0 Å². The summed E-state index contributed by atoms with van der Waals surface area (Å²) in [4.78, 5) is 27.8. The van der Waals surface area contributed by atoms with Gasteiger partial charge in [-0.15, -0.1) is 11.3 Å². The zero-order chi connectivity index (χ0) is 21.4. The van der Waals surface area contributed by atoms with E-state index in [-0.39, 0.29) is 5.60 Å². The number of ether oxygens (including phenoxy) is 1. The number of hydrogen-bond acceptors (Lipinski definition) is 7. The predicted molar refractivity (Wildman–Crippen MR) is 125 cm³/mol. The average molecular weight is 454 g/mol. The van der Waals surface area contributed by atoms with Crippen molar-refractivity contribution in [2.45, 2.75) is 38.2 Å². The van der Waals surface area contributed by atoms with Gasteiger partial charge in [0.25, 0.3) is 0 Å². The minimum atomic E-state index is -0.0115. The number of rotatable bonds is 8. The van der Waals surface area contributed by atoms with Crippen molar-refractivity contribution in [3.63, 3.8) is 0 Å². The summed E-state index contributed by atoms with van der Waals surface area (Å²) in [6.07, 6.45) is 5.43. The Morgan fingerprint density at radius 3 is 2.73 bits per heavy atom. The number of amides is 1. The van der Waals surface area contributed by atoms with Gasteiger partial charge in [0.15, 0.2) is 5.62 Å². The maximum absolute atomic E-state index is 10.7. The number of piperidine rings is 1. The fraction of sp³-hybridized carbons (Fsp3) is 0.727. The van der Waals surface area contributed by atoms with Crippen LogP contribution in [-0.2, 0) is 32.8 Å². The molecule has 2 saturated heterocycles. The number of thiophene rings is 1. The van der Waals surface area contributed by atoms with E-state index in [2.05, 4.69) is 23.2 Å². The van der Waals surface area contributed by atoms with Gasteiger partial charge in [0.05, 0.1) is 12.2 Å². The molecule has 0 saturated carbocycles. The number of nitrogens with one attached hydrogen (secondary N) is 1. The second-order valence-corrected chi connectivity index (χ2v) is 10.4. The van der Waals surface area contributed by atoms with Crippen LogP contribution in [0.2, 0.25) is 0 Å². The Balaban J connectivity index is 0.000000318. The molecule has 0 bridgehead atoms. The topological polar surface area (TPSA) is 61.9 Å². The SMILES string of the molecule is CCc1cc2c(s1)CCOC21CCN(CC2CN(C=O)C2)CC1.CNCCSC=O. The van der Waals surface area contributed by atoms with Gasteiger partial charge in [-0.3, -0.25) is 9.59 Å². The molecule has 168 valence electrons. The Morgan fingerprint density at radius 1 is 1.33 bits per heavy atom. The van der Waals surface area contributed by atoms with Crippen LogP contribution >= 0.6 is 23.1 Å². The smallest absolute Gasteiger partial charge is 0.209 e. The Bertz CT molecular complexity index is 683. The standard InChI is InChI=1S/C18H26N2O2S.C4H9NOS/c1-2-15-9-16-17(23-15)3-8-22-18(16)4-6-19(7-5-18)10-14-11-20(12-14)13-21;1-5-2-3-7-4-6/h9,13-14H,2-8,10-12H2,1H3;4-5H,2-3H2,1H3. The number of likely N-dealkylation sites (tertiary alicyclic amines) is 2. The molecule has 3 aliphatic heterocycles. The van der Waals surface area contributed by atoms with E-state index < -0.39 is 0 Å². The van der Waals surface area contributed by atoms with Gasteiger partial charge in [-0.1, -0.05) is 18.7 Å². The Morgan fingerprint density at radius 2 is 2.10 bits per heavy atom. The van der Waals surface area contributed by atoms with E-state index in [1.165, 1.54) is 22.2 Å². The van der Waals surface area contributed by atoms with E-state index in [0.717, 1.165) is 89.3 Å². The summed E-state index contributed by atoms with van der Waals surface area (Å²) in [7, 11) is 1.87. The first kappa shape index (κ1) is 23.7. The number of thioether (sulfide) groups is 1. The highest BCUT2D eigenvalue weighted by molar-refractivity contribution is 8.11. The van der Waals surface area contributed by atoms with E-state index >= 15 is 0 Å². The highest BCUT2D eigenvalue weighted by Gasteiger charge is 2.42.